The van der Waals surface area contributed by atoms with Gasteiger partial charge in [-0.1, -0.05) is 219 Å². The largest absolute Gasteiger partial charge is 0.479 e. The molecule has 1 rings (SSSR count). The molecule has 0 aromatic rings. The van der Waals surface area contributed by atoms with E-state index in [9.17, 15) is 34.5 Å². The molecule has 0 spiro atoms. The zero-order valence-electron chi connectivity index (χ0n) is 47.7. The molecule has 12 heteroatoms. The highest BCUT2D eigenvalue weighted by molar-refractivity contribution is 5.74. The lowest BCUT2D eigenvalue weighted by atomic mass is 9.98. The second-order valence-corrected chi connectivity index (χ2v) is 19.5. The lowest BCUT2D eigenvalue weighted by molar-refractivity contribution is -0.301. The molecule has 0 bridgehead atoms. The summed E-state index contributed by atoms with van der Waals surface area (Å²) in [5, 5.41) is 31.4. The van der Waals surface area contributed by atoms with Crippen molar-refractivity contribution in [1.29, 1.82) is 0 Å². The van der Waals surface area contributed by atoms with Crippen molar-refractivity contribution in [3.05, 3.63) is 122 Å². The van der Waals surface area contributed by atoms with Gasteiger partial charge in [-0.2, -0.15) is 0 Å². The fraction of sp³-hybridized carbons (Fsp3) is 0.631. The van der Waals surface area contributed by atoms with Gasteiger partial charge in [0.15, 0.2) is 24.6 Å². The van der Waals surface area contributed by atoms with Gasteiger partial charge in [0.25, 0.3) is 0 Å². The van der Waals surface area contributed by atoms with Crippen molar-refractivity contribution < 1.29 is 58.2 Å². The summed E-state index contributed by atoms with van der Waals surface area (Å²) in [5.41, 5.74) is 0. The maximum atomic E-state index is 13.1. The van der Waals surface area contributed by atoms with Crippen LogP contribution in [0.3, 0.4) is 0 Å². The van der Waals surface area contributed by atoms with Crippen LogP contribution in [0.15, 0.2) is 122 Å². The number of carboxylic acids is 1. The van der Waals surface area contributed by atoms with E-state index >= 15 is 0 Å². The first-order valence-corrected chi connectivity index (χ1v) is 29.5. The Morgan fingerprint density at radius 2 is 0.844 bits per heavy atom. The van der Waals surface area contributed by atoms with Crippen LogP contribution in [0.4, 0.5) is 0 Å². The molecule has 1 heterocycles. The summed E-state index contributed by atoms with van der Waals surface area (Å²) in [6.07, 6.45) is 59.0. The van der Waals surface area contributed by atoms with Gasteiger partial charge >= 0.3 is 23.9 Å². The van der Waals surface area contributed by atoms with Gasteiger partial charge in [-0.15, -0.1) is 0 Å². The predicted molar refractivity (Wildman–Crippen MR) is 312 cm³/mol. The highest BCUT2D eigenvalue weighted by atomic mass is 16.7. The van der Waals surface area contributed by atoms with Gasteiger partial charge in [-0.3, -0.25) is 14.4 Å². The number of ether oxygens (including phenoxy) is 5. The maximum absolute atomic E-state index is 13.1. The SMILES string of the molecule is CC/C=C\C/C=C\C/C=C\C/C=C\C/C=C\C/C=C\CCC(=O)OC1C(OCC(COC(=O)CCCCCCCC/C=C\C/C=C\C/C=C\C/C=C\CC)OC(=O)CCCCCCCCCCC)OC(C(=O)O)C(O)C1O. The molecule has 1 aliphatic heterocycles. The standard InChI is InChI=1S/C65H102O12/c1-4-7-10-13-16-19-21-23-25-27-29-31-33-35-37-40-42-45-48-51-57(66)73-54-56(75-58(67)52-49-46-43-39-18-15-12-9-6-3)55-74-65-63(61(70)60(69)62(77-65)64(71)72)76-59(68)53-50-47-44-41-38-36-34-32-30-28-26-24-22-20-17-14-11-8-5-2/h7-8,10-11,16-17,19-20,23-26,29-32,36,38,44,47,56,60-63,65,69-70H,4-6,9,12-15,18,21-22,27-28,33-35,37,39-43,45-46,48-55H2,1-3H3,(H,71,72)/b10-7-,11-8-,19-16-,20-17-,25-23-,26-24-,31-29-,32-30-,38-36-,47-44-. The van der Waals surface area contributed by atoms with E-state index in [4.69, 9.17) is 23.7 Å². The number of carbonyl (C=O) groups excluding carboxylic acids is 3. The molecule has 0 amide bonds. The monoisotopic (exact) mass is 1070 g/mol. The van der Waals surface area contributed by atoms with Crippen molar-refractivity contribution in [2.24, 2.45) is 0 Å². The molecule has 6 atom stereocenters. The fourth-order valence-electron chi connectivity index (χ4n) is 8.09. The Morgan fingerprint density at radius 3 is 1.30 bits per heavy atom. The Kier molecular flexibility index (Phi) is 47.2. The number of carbonyl (C=O) groups is 4. The molecule has 0 aromatic carbocycles. The van der Waals surface area contributed by atoms with E-state index in [2.05, 4.69) is 124 Å². The van der Waals surface area contributed by atoms with Gasteiger partial charge in [0, 0.05) is 19.3 Å². The summed E-state index contributed by atoms with van der Waals surface area (Å²) in [4.78, 5) is 51.0. The molecular formula is C65H102O12. The van der Waals surface area contributed by atoms with E-state index in [0.29, 0.717) is 25.7 Å². The number of aliphatic carboxylic acids is 1. The van der Waals surface area contributed by atoms with Crippen LogP contribution >= 0.6 is 0 Å². The minimum Gasteiger partial charge on any atom is -0.479 e. The highest BCUT2D eigenvalue weighted by Gasteiger charge is 2.50. The molecule has 3 N–H and O–H groups in total. The molecule has 0 radical (unpaired) electrons. The van der Waals surface area contributed by atoms with Crippen molar-refractivity contribution in [2.75, 3.05) is 13.2 Å². The third-order valence-corrected chi connectivity index (χ3v) is 12.5. The Hall–Kier alpha value is -4.88. The zero-order valence-corrected chi connectivity index (χ0v) is 47.7. The van der Waals surface area contributed by atoms with Crippen molar-refractivity contribution in [3.63, 3.8) is 0 Å². The Morgan fingerprint density at radius 1 is 0.442 bits per heavy atom. The van der Waals surface area contributed by atoms with Gasteiger partial charge in [-0.25, -0.2) is 4.79 Å². The molecular weight excluding hydrogens is 973 g/mol. The predicted octanol–water partition coefficient (Wildman–Crippen LogP) is 15.2. The lowest BCUT2D eigenvalue weighted by Gasteiger charge is -2.40. The van der Waals surface area contributed by atoms with Gasteiger partial charge < -0.3 is 39.0 Å². The van der Waals surface area contributed by atoms with E-state index in [-0.39, 0.29) is 25.9 Å². The van der Waals surface area contributed by atoms with Crippen molar-refractivity contribution in [2.45, 2.75) is 250 Å². The van der Waals surface area contributed by atoms with E-state index in [1.54, 1.807) is 0 Å². The first kappa shape index (κ1) is 70.1. The molecule has 434 valence electrons. The summed E-state index contributed by atoms with van der Waals surface area (Å²) < 4.78 is 28.3. The normalized spacial score (nSPS) is 18.9. The molecule has 77 heavy (non-hydrogen) atoms. The van der Waals surface area contributed by atoms with Gasteiger partial charge in [0.05, 0.1) is 6.61 Å². The van der Waals surface area contributed by atoms with Crippen LogP contribution in [-0.2, 0) is 42.9 Å². The number of rotatable bonds is 48. The zero-order chi connectivity index (χ0) is 56.1. The Labute approximate surface area is 465 Å². The summed E-state index contributed by atoms with van der Waals surface area (Å²) in [7, 11) is 0. The number of aliphatic hydroxyl groups is 2. The molecule has 1 fully saturated rings. The maximum Gasteiger partial charge on any atom is 0.335 e. The quantitative estimate of drug-likeness (QED) is 0.0228. The van der Waals surface area contributed by atoms with Crippen LogP contribution in [-0.4, -0.2) is 89.2 Å². The van der Waals surface area contributed by atoms with Crippen molar-refractivity contribution in [3.8, 4) is 0 Å². The second-order valence-electron chi connectivity index (χ2n) is 19.5. The molecule has 1 saturated heterocycles. The van der Waals surface area contributed by atoms with E-state index < -0.39 is 67.3 Å². The van der Waals surface area contributed by atoms with Crippen LogP contribution in [0.5, 0.6) is 0 Å². The van der Waals surface area contributed by atoms with E-state index in [1.807, 2.05) is 18.2 Å². The van der Waals surface area contributed by atoms with Crippen LogP contribution in [0.2, 0.25) is 0 Å². The summed E-state index contributed by atoms with van der Waals surface area (Å²) in [6.45, 7) is 5.68. The minimum absolute atomic E-state index is 0.0711. The molecule has 12 nitrogen and oxygen atoms in total. The van der Waals surface area contributed by atoms with Gasteiger partial charge in [0.2, 0.25) is 0 Å². The van der Waals surface area contributed by atoms with E-state index in [1.165, 1.54) is 32.1 Å². The molecule has 1 aliphatic rings. The summed E-state index contributed by atoms with van der Waals surface area (Å²) in [6, 6.07) is 0. The average Bonchev–Trinajstić information content (AvgIpc) is 3.42. The molecule has 0 aromatic heterocycles. The summed E-state index contributed by atoms with van der Waals surface area (Å²) in [5.74, 6) is -3.26. The Bertz CT molecular complexity index is 1800. The number of allylic oxidation sites excluding steroid dienone is 20. The molecule has 0 saturated carbocycles. The van der Waals surface area contributed by atoms with Crippen LogP contribution in [0.25, 0.3) is 0 Å². The number of unbranched alkanes of at least 4 members (excludes halogenated alkanes) is 14. The summed E-state index contributed by atoms with van der Waals surface area (Å²) >= 11 is 0. The lowest BCUT2D eigenvalue weighted by Crippen LogP contribution is -2.61. The van der Waals surface area contributed by atoms with Crippen molar-refractivity contribution in [1.82, 2.24) is 0 Å². The highest BCUT2D eigenvalue weighted by Crippen LogP contribution is 2.26. The first-order valence-electron chi connectivity index (χ1n) is 29.5. The van der Waals surface area contributed by atoms with Crippen LogP contribution < -0.4 is 0 Å². The minimum atomic E-state index is -1.93. The smallest absolute Gasteiger partial charge is 0.335 e. The average molecular weight is 1080 g/mol. The van der Waals surface area contributed by atoms with Crippen LogP contribution in [0, 0.1) is 0 Å². The first-order chi connectivity index (χ1) is 37.6. The topological polar surface area (TPSA) is 175 Å². The molecule has 0 aliphatic carbocycles. The number of aliphatic hydroxyl groups excluding tert-OH is 2. The molecule has 6 unspecified atom stereocenters. The van der Waals surface area contributed by atoms with Gasteiger partial charge in [0.1, 0.15) is 18.8 Å². The third kappa shape index (κ3) is 41.8. The number of esters is 3. The number of hydrogen-bond donors (Lipinski definition) is 3. The fourth-order valence-corrected chi connectivity index (χ4v) is 8.09. The number of carboxylic acid groups (broad SMARTS) is 1. The van der Waals surface area contributed by atoms with Crippen molar-refractivity contribution >= 4 is 23.9 Å². The second kappa shape index (κ2) is 51.9. The van der Waals surface area contributed by atoms with Crippen LogP contribution in [0.1, 0.15) is 213 Å². The third-order valence-electron chi connectivity index (χ3n) is 12.5. The Balaban J connectivity index is 2.69. The van der Waals surface area contributed by atoms with E-state index in [0.717, 1.165) is 116 Å². The number of hydrogen-bond acceptors (Lipinski definition) is 11. The van der Waals surface area contributed by atoms with Gasteiger partial charge in [-0.05, 0) is 96.3 Å².